The van der Waals surface area contributed by atoms with Crippen LogP contribution in [0.15, 0.2) is 122 Å². The molecule has 0 spiro atoms. The lowest BCUT2D eigenvalue weighted by atomic mass is 10.0. The molecule has 0 bridgehead atoms. The first-order valence-corrected chi connectivity index (χ1v) is 30.2. The molecule has 0 aliphatic rings. The van der Waals surface area contributed by atoms with Crippen molar-refractivity contribution >= 4 is 17.9 Å². The number of quaternary nitrogens is 1. The van der Waals surface area contributed by atoms with Gasteiger partial charge in [0.25, 0.3) is 0 Å². The van der Waals surface area contributed by atoms with E-state index in [0.29, 0.717) is 17.4 Å². The average molecular weight is 1060 g/mol. The average Bonchev–Trinajstić information content (AvgIpc) is 3.39. The van der Waals surface area contributed by atoms with E-state index in [1.54, 1.807) is 0 Å². The number of likely N-dealkylation sites (N-methyl/N-ethyl adjacent to an activating group) is 1. The Kier molecular flexibility index (Phi) is 53.7. The summed E-state index contributed by atoms with van der Waals surface area (Å²) >= 11 is 0. The monoisotopic (exact) mass is 1060 g/mol. The molecular formula is C67H111NO8. The minimum Gasteiger partial charge on any atom is -0.545 e. The number of carbonyl (C=O) groups is 3. The fourth-order valence-corrected chi connectivity index (χ4v) is 7.86. The quantitative estimate of drug-likeness (QED) is 0.0195. The molecule has 0 aromatic carbocycles. The van der Waals surface area contributed by atoms with Crippen LogP contribution in [0.25, 0.3) is 0 Å². The fourth-order valence-electron chi connectivity index (χ4n) is 7.86. The summed E-state index contributed by atoms with van der Waals surface area (Å²) in [6, 6.07) is 0. The Morgan fingerprint density at radius 1 is 0.408 bits per heavy atom. The van der Waals surface area contributed by atoms with E-state index in [9.17, 15) is 19.5 Å². The van der Waals surface area contributed by atoms with Crippen molar-refractivity contribution in [2.45, 2.75) is 238 Å². The smallest absolute Gasteiger partial charge is 0.306 e. The van der Waals surface area contributed by atoms with E-state index in [1.165, 1.54) is 70.6 Å². The van der Waals surface area contributed by atoms with E-state index in [1.807, 2.05) is 21.1 Å². The van der Waals surface area contributed by atoms with E-state index < -0.39 is 24.3 Å². The number of rotatable bonds is 54. The molecule has 0 aliphatic carbocycles. The SMILES string of the molecule is CC/C=C\C/C=C\C/C=C\C/C=C\C/C=C\C/C=C\C/C=C\C/C=C\C/C=C\C/C=C\CCCCCCCCC(=O)OC(COC(=O)CCCCCCCCCCCCCCCC)COC(OCC[N+](C)(C)C)C(=O)[O-]. The van der Waals surface area contributed by atoms with Crippen molar-refractivity contribution in [3.63, 3.8) is 0 Å². The second-order valence-electron chi connectivity index (χ2n) is 20.9. The third-order valence-corrected chi connectivity index (χ3v) is 12.5. The van der Waals surface area contributed by atoms with Crippen LogP contribution in [0.1, 0.15) is 226 Å². The van der Waals surface area contributed by atoms with Gasteiger partial charge in [-0.15, -0.1) is 0 Å². The van der Waals surface area contributed by atoms with Crippen molar-refractivity contribution in [2.24, 2.45) is 0 Å². The number of hydrogen-bond donors (Lipinski definition) is 0. The Bertz CT molecular complexity index is 1660. The summed E-state index contributed by atoms with van der Waals surface area (Å²) in [6.07, 6.45) is 76.8. The molecule has 2 atom stereocenters. The number of carboxylic acids is 1. The zero-order chi connectivity index (χ0) is 55.5. The lowest BCUT2D eigenvalue weighted by molar-refractivity contribution is -0.870. The van der Waals surface area contributed by atoms with E-state index in [0.717, 1.165) is 122 Å². The molecule has 9 nitrogen and oxygen atoms in total. The van der Waals surface area contributed by atoms with Gasteiger partial charge in [0.15, 0.2) is 12.4 Å². The van der Waals surface area contributed by atoms with Crippen molar-refractivity contribution in [3.05, 3.63) is 122 Å². The van der Waals surface area contributed by atoms with Gasteiger partial charge in [0, 0.05) is 12.8 Å². The summed E-state index contributed by atoms with van der Waals surface area (Å²) in [6.45, 7) is 4.61. The number of carboxylic acid groups (broad SMARTS) is 1. The van der Waals surface area contributed by atoms with Crippen LogP contribution in [-0.2, 0) is 33.3 Å². The summed E-state index contributed by atoms with van der Waals surface area (Å²) in [5.74, 6) is -2.31. The molecule has 0 aliphatic heterocycles. The van der Waals surface area contributed by atoms with Crippen molar-refractivity contribution in [1.82, 2.24) is 0 Å². The van der Waals surface area contributed by atoms with Crippen LogP contribution < -0.4 is 5.11 Å². The van der Waals surface area contributed by atoms with Crippen LogP contribution in [0.4, 0.5) is 0 Å². The third kappa shape index (κ3) is 57.4. The molecule has 76 heavy (non-hydrogen) atoms. The second-order valence-corrected chi connectivity index (χ2v) is 20.9. The molecule has 0 saturated heterocycles. The van der Waals surface area contributed by atoms with Gasteiger partial charge in [0.2, 0.25) is 0 Å². The van der Waals surface area contributed by atoms with Crippen molar-refractivity contribution in [2.75, 3.05) is 47.5 Å². The summed E-state index contributed by atoms with van der Waals surface area (Å²) in [7, 11) is 5.91. The van der Waals surface area contributed by atoms with Crippen LogP contribution in [0, 0.1) is 0 Å². The number of aliphatic carboxylic acids is 1. The van der Waals surface area contributed by atoms with Gasteiger partial charge in [-0.05, 0) is 89.9 Å². The molecule has 432 valence electrons. The largest absolute Gasteiger partial charge is 0.545 e. The van der Waals surface area contributed by atoms with E-state index in [2.05, 4.69) is 135 Å². The highest BCUT2D eigenvalue weighted by Crippen LogP contribution is 2.15. The van der Waals surface area contributed by atoms with E-state index >= 15 is 0 Å². The van der Waals surface area contributed by atoms with E-state index in [-0.39, 0.29) is 38.6 Å². The normalized spacial score (nSPS) is 13.6. The Morgan fingerprint density at radius 2 is 0.750 bits per heavy atom. The topological polar surface area (TPSA) is 111 Å². The minimum atomic E-state index is -1.63. The molecule has 0 amide bonds. The number of nitrogens with zero attached hydrogens (tertiary/aromatic N) is 1. The molecular weight excluding hydrogens is 947 g/mol. The van der Waals surface area contributed by atoms with Crippen LogP contribution in [0.3, 0.4) is 0 Å². The maximum absolute atomic E-state index is 12.9. The van der Waals surface area contributed by atoms with Crippen molar-refractivity contribution in [3.8, 4) is 0 Å². The molecule has 0 aromatic heterocycles. The van der Waals surface area contributed by atoms with Gasteiger partial charge in [0.1, 0.15) is 13.2 Å². The van der Waals surface area contributed by atoms with Gasteiger partial charge in [0.05, 0.1) is 40.3 Å². The lowest BCUT2D eigenvalue weighted by Crippen LogP contribution is -2.44. The number of esters is 2. The molecule has 2 unspecified atom stereocenters. The first-order chi connectivity index (χ1) is 37.1. The van der Waals surface area contributed by atoms with Crippen molar-refractivity contribution in [1.29, 1.82) is 0 Å². The number of ether oxygens (including phenoxy) is 4. The van der Waals surface area contributed by atoms with Crippen LogP contribution in [0.2, 0.25) is 0 Å². The van der Waals surface area contributed by atoms with Gasteiger partial charge in [-0.2, -0.15) is 0 Å². The molecule has 0 saturated carbocycles. The Balaban J connectivity index is 4.23. The lowest BCUT2D eigenvalue weighted by Gasteiger charge is -2.26. The summed E-state index contributed by atoms with van der Waals surface area (Å²) in [5, 5.41) is 11.8. The molecule has 0 radical (unpaired) electrons. The first-order valence-electron chi connectivity index (χ1n) is 30.2. The number of carbonyl (C=O) groups excluding carboxylic acids is 3. The van der Waals surface area contributed by atoms with E-state index in [4.69, 9.17) is 18.9 Å². The molecule has 0 aromatic rings. The summed E-state index contributed by atoms with van der Waals surface area (Å²) in [4.78, 5) is 37.2. The Morgan fingerprint density at radius 3 is 1.12 bits per heavy atom. The third-order valence-electron chi connectivity index (χ3n) is 12.5. The highest BCUT2D eigenvalue weighted by molar-refractivity contribution is 5.70. The highest BCUT2D eigenvalue weighted by Gasteiger charge is 2.22. The Hall–Kier alpha value is -4.31. The molecule has 0 heterocycles. The number of unbranched alkanes of at least 4 members (excludes halogenated alkanes) is 19. The predicted molar refractivity (Wildman–Crippen MR) is 320 cm³/mol. The van der Waals surface area contributed by atoms with Gasteiger partial charge in [-0.1, -0.05) is 245 Å². The Labute approximate surface area is 466 Å². The summed E-state index contributed by atoms with van der Waals surface area (Å²) in [5.41, 5.74) is 0. The van der Waals surface area contributed by atoms with Crippen LogP contribution in [0.5, 0.6) is 0 Å². The molecule has 0 fully saturated rings. The van der Waals surface area contributed by atoms with Crippen LogP contribution in [-0.4, -0.2) is 82.3 Å². The van der Waals surface area contributed by atoms with Gasteiger partial charge < -0.3 is 33.3 Å². The van der Waals surface area contributed by atoms with Gasteiger partial charge in [-0.25, -0.2) is 0 Å². The molecule has 0 rings (SSSR count). The maximum atomic E-state index is 12.9. The molecule has 0 N–H and O–H groups in total. The van der Waals surface area contributed by atoms with Gasteiger partial charge in [-0.3, -0.25) is 9.59 Å². The zero-order valence-electron chi connectivity index (χ0n) is 49.1. The number of hydrogen-bond acceptors (Lipinski definition) is 8. The van der Waals surface area contributed by atoms with Gasteiger partial charge >= 0.3 is 11.9 Å². The maximum Gasteiger partial charge on any atom is 0.306 e. The first kappa shape index (κ1) is 71.7. The standard InChI is InChI=1S/C67H111NO8/c1-6-8-10-12-14-16-18-20-22-23-24-25-26-27-28-29-30-31-32-33-34-35-36-37-38-39-40-41-42-43-44-46-48-50-52-54-56-58-65(70)76-63(62-75-67(66(71)72)73-60-59-68(3,4)5)61-74-64(69)57-55-53-51-49-47-45-21-19-17-15-13-11-9-7-2/h8,10,14,16,20,22,24-25,27-28,30-31,33-34,36-37,39-40,42-43,63,67H,6-7,9,11-13,15,17-19,21,23,26,29,32,35,38,41,44-62H2,1-5H3/b10-8-,16-14-,22-20-,25-24-,28-27-,31-30-,34-33-,37-36-,40-39-,43-42-. The fraction of sp³-hybridized carbons (Fsp3) is 0.657. The van der Waals surface area contributed by atoms with Crippen LogP contribution >= 0.6 is 0 Å². The molecule has 9 heteroatoms. The summed E-state index contributed by atoms with van der Waals surface area (Å²) < 4.78 is 22.7. The number of allylic oxidation sites excluding steroid dienone is 20. The zero-order valence-corrected chi connectivity index (χ0v) is 49.1. The van der Waals surface area contributed by atoms with Crippen molar-refractivity contribution < 1.29 is 42.9 Å². The second kappa shape index (κ2) is 56.9. The minimum absolute atomic E-state index is 0.140. The highest BCUT2D eigenvalue weighted by atomic mass is 16.7. The predicted octanol–water partition coefficient (Wildman–Crippen LogP) is 16.7.